The quantitative estimate of drug-likeness (QED) is 0.00671. The number of nitrogens with one attached hydrogen (secondary N) is 6. The van der Waals surface area contributed by atoms with E-state index in [1.807, 2.05) is 6.92 Å². The Labute approximate surface area is 634 Å². The number of amides is 8. The summed E-state index contributed by atoms with van der Waals surface area (Å²) in [4.78, 5) is 166. The number of primary sulfonamides is 1. The molecule has 2 aromatic heterocycles. The van der Waals surface area contributed by atoms with Crippen LogP contribution in [0.1, 0.15) is 116 Å². The second-order valence-electron chi connectivity index (χ2n) is 26.1. The number of anilines is 2. The standard InChI is InChI=1S/C65H92ClN17O22S3/c1-34-14-11-17-46(102-8)65(98)30-45(103-62(97)76-65)35(2)55-64(4,105-55)47(29-51(88)82(6)43-25-37(24-34)26-44(101-7)54(43)66)104-59(96)36(3)81(5)50(87)20-23-106-33-39(32-84)71-57(94)42(28-53(91)92)74-56(93)40(16-13-21-70-60(67)68)73-58(95)41(27-52(89)90)72-48(85)18-9-10-22-83-31-38(77-80-83)15-12-19-49(86)75-61-78-79-63(107-61)108(69,99)100/h11,14,17,25-26,31-32,35-36,39-42,45-47,55,98H,9-10,12-13,15-16,18-24,27-30,33H2,1-8H3,(H,71,94)(H,72,85)(H,73,95)(H,74,93)(H,76,97)(H,89,90)(H,91,92)(H4,67,68,70)(H2,69,99,100)(H,75,78,86)/b17-11+,34-14+/t35-,36+,39-,40+,41+,42+,45+,46-,47+,55+,64-,65+/m1/s1. The number of thioether (sulfide) groups is 1. The number of ether oxygens (including phenoxy) is 5. The van der Waals surface area contributed by atoms with E-state index in [1.165, 1.54) is 44.8 Å². The Morgan fingerprint density at radius 2 is 1.61 bits per heavy atom. The van der Waals surface area contributed by atoms with Crippen LogP contribution in [0.25, 0.3) is 0 Å². The van der Waals surface area contributed by atoms with Crippen molar-refractivity contribution in [2.45, 2.75) is 194 Å². The minimum atomic E-state index is -4.09. The lowest BCUT2D eigenvalue weighted by Gasteiger charge is -2.42. The van der Waals surface area contributed by atoms with Crippen LogP contribution in [-0.2, 0) is 101 Å². The number of halogens is 1. The lowest BCUT2D eigenvalue weighted by atomic mass is 9.83. The average Bonchev–Trinajstić information content (AvgIpc) is 1.57. The SMILES string of the molecule is COc1cc2cc(c1Cl)N(C)C(=O)C[C@H](OC(=O)[C@H](C)N(C)C(=O)CCSC[C@@H](C=O)NC(=O)[C@H](CC(=O)O)NC(=O)[C@H](CCCN=C(N)N)NC(=O)[C@H](CC(=O)O)NC(=O)CCCCn1cc(CCCC(=O)Nc3nnc(S(N)(=O)=O)s3)nn1)[C@@]1(C)O[C@H]1[C@H](C)[C@@H]1C[C@@](O)(NC(=O)O1)[C@H](OC)/C=C/C=C(\C)C2. The minimum absolute atomic E-state index is 0.00531. The molecule has 108 heavy (non-hydrogen) atoms. The highest BCUT2D eigenvalue weighted by molar-refractivity contribution is 7.99. The number of esters is 1. The van der Waals surface area contributed by atoms with Crippen molar-refractivity contribution in [3.63, 3.8) is 0 Å². The number of benzene rings is 1. The van der Waals surface area contributed by atoms with Crippen LogP contribution in [0, 0.1) is 5.92 Å². The van der Waals surface area contributed by atoms with Crippen LogP contribution >= 0.6 is 34.7 Å². The molecule has 1 aromatic carbocycles. The first-order chi connectivity index (χ1) is 50.9. The Kier molecular flexibility index (Phi) is 32.5. The van der Waals surface area contributed by atoms with Gasteiger partial charge in [-0.3, -0.25) is 58.1 Å². The zero-order valence-corrected chi connectivity index (χ0v) is 63.8. The number of aliphatic carboxylic acids is 2. The number of nitrogens with two attached hydrogens (primary N) is 3. The maximum Gasteiger partial charge on any atom is 0.409 e. The molecule has 2 fully saturated rings. The number of carboxylic acids is 2. The van der Waals surface area contributed by atoms with E-state index in [9.17, 15) is 81.3 Å². The number of methoxy groups -OCH3 is 2. The Bertz CT molecular complexity index is 3990. The van der Waals surface area contributed by atoms with Gasteiger partial charge in [-0.1, -0.05) is 58.9 Å². The average molecular weight is 1600 g/mol. The van der Waals surface area contributed by atoms with Crippen molar-refractivity contribution in [1.82, 2.24) is 56.7 Å². The number of rotatable bonds is 37. The highest BCUT2D eigenvalue weighted by Gasteiger charge is 2.64. The summed E-state index contributed by atoms with van der Waals surface area (Å²) in [6.45, 7) is 6.77. The van der Waals surface area contributed by atoms with E-state index >= 15 is 0 Å². The number of alkyl carbamates (subject to hydrolysis) is 1. The van der Waals surface area contributed by atoms with Gasteiger partial charge < -0.3 is 91.6 Å². The molecule has 3 aliphatic heterocycles. The molecule has 43 heteroatoms. The lowest BCUT2D eigenvalue weighted by Crippen LogP contribution is -2.63. The van der Waals surface area contributed by atoms with Gasteiger partial charge in [-0.25, -0.2) is 23.1 Å². The second kappa shape index (κ2) is 40.1. The number of aliphatic imine (C=N–C) groups is 1. The van der Waals surface area contributed by atoms with Crippen molar-refractivity contribution in [3.8, 4) is 5.75 Å². The summed E-state index contributed by atoms with van der Waals surface area (Å²) in [6, 6.07) is -4.47. The number of nitrogens with zero attached hydrogens (tertiary/aromatic N) is 8. The summed E-state index contributed by atoms with van der Waals surface area (Å²) < 4.78 is 53.3. The first-order valence-electron chi connectivity index (χ1n) is 34.0. The molecule has 15 N–H and O–H groups in total. The number of likely N-dealkylation sites (N-methyl/N-ethyl adjacent to an activating group) is 1. The molecule has 39 nitrogen and oxygen atoms in total. The molecule has 3 aliphatic rings. The number of aromatic nitrogens is 5. The topological polar surface area (TPSA) is 575 Å². The third-order valence-electron chi connectivity index (χ3n) is 17.8. The number of hydrogen-bond acceptors (Lipinski definition) is 27. The van der Waals surface area contributed by atoms with Crippen LogP contribution in [0.2, 0.25) is 5.02 Å². The van der Waals surface area contributed by atoms with Crippen molar-refractivity contribution in [1.29, 1.82) is 0 Å². The monoisotopic (exact) mass is 1590 g/mol. The van der Waals surface area contributed by atoms with Crippen molar-refractivity contribution in [3.05, 3.63) is 58.4 Å². The largest absolute Gasteiger partial charge is 0.495 e. The number of allylic oxidation sites excluding steroid dienone is 3. The summed E-state index contributed by atoms with van der Waals surface area (Å²) >= 11 is 8.43. The number of aryl methyl sites for hydroxylation is 2. The Morgan fingerprint density at radius 3 is 2.26 bits per heavy atom. The van der Waals surface area contributed by atoms with Gasteiger partial charge in [0.05, 0.1) is 49.9 Å². The predicted molar refractivity (Wildman–Crippen MR) is 388 cm³/mol. The summed E-state index contributed by atoms with van der Waals surface area (Å²) in [5.41, 5.74) is 9.91. The highest BCUT2D eigenvalue weighted by Crippen LogP contribution is 2.49. The maximum atomic E-state index is 14.5. The molecule has 4 bridgehead atoms. The molecule has 6 rings (SSSR count). The fraction of sp³-hybridized carbons (Fsp3) is 0.585. The van der Waals surface area contributed by atoms with Gasteiger partial charge in [-0.05, 0) is 83.4 Å². The third-order valence-corrected chi connectivity index (χ3v) is 21.4. The number of fused-ring (bicyclic) bond motifs is 5. The Balaban J connectivity index is 1.03. The second-order valence-corrected chi connectivity index (χ2v) is 30.4. The van der Waals surface area contributed by atoms with E-state index in [2.05, 4.69) is 57.4 Å². The van der Waals surface area contributed by atoms with Crippen LogP contribution < -0.4 is 58.1 Å². The molecule has 5 heterocycles. The molecule has 0 radical (unpaired) electrons. The molecule has 3 aromatic rings. The smallest absolute Gasteiger partial charge is 0.409 e. The lowest BCUT2D eigenvalue weighted by molar-refractivity contribution is -0.162. The Hall–Kier alpha value is -9.46. The van der Waals surface area contributed by atoms with Crippen molar-refractivity contribution < 1.29 is 105 Å². The number of aliphatic hydroxyl groups is 1. The normalized spacial score (nSPS) is 22.2. The van der Waals surface area contributed by atoms with Gasteiger partial charge in [0.25, 0.3) is 10.0 Å². The van der Waals surface area contributed by atoms with Gasteiger partial charge in [-0.2, -0.15) is 11.8 Å². The van der Waals surface area contributed by atoms with Gasteiger partial charge in [0.15, 0.2) is 11.7 Å². The molecule has 12 atom stereocenters. The van der Waals surface area contributed by atoms with E-state index in [1.54, 1.807) is 50.4 Å². The molecular formula is C65H92ClN17O22S3. The summed E-state index contributed by atoms with van der Waals surface area (Å²) in [5, 5.41) is 66.0. The molecule has 0 saturated carbocycles. The van der Waals surface area contributed by atoms with Gasteiger partial charge in [0, 0.05) is 83.6 Å². The number of epoxide rings is 1. The zero-order chi connectivity index (χ0) is 80.0. The molecule has 8 amide bonds. The summed E-state index contributed by atoms with van der Waals surface area (Å²) in [5.74, 6) is -10.8. The van der Waals surface area contributed by atoms with Gasteiger partial charge in [0.1, 0.15) is 65.1 Å². The summed E-state index contributed by atoms with van der Waals surface area (Å²) in [6.07, 6.45) is 0.112. The van der Waals surface area contributed by atoms with Crippen molar-refractivity contribution >= 4 is 133 Å². The van der Waals surface area contributed by atoms with Crippen LogP contribution in [-0.4, -0.2) is 244 Å². The van der Waals surface area contributed by atoms with Crippen LogP contribution in [0.15, 0.2) is 51.5 Å². The number of carbonyl (C=O) groups is 12. The molecule has 0 unspecified atom stereocenters. The van der Waals surface area contributed by atoms with E-state index in [0.717, 1.165) is 22.2 Å². The third kappa shape index (κ3) is 25.9. The van der Waals surface area contributed by atoms with Crippen LogP contribution in [0.5, 0.6) is 5.75 Å². The molecule has 594 valence electrons. The number of aldehydes is 1. The van der Waals surface area contributed by atoms with Crippen LogP contribution in [0.4, 0.5) is 15.6 Å². The minimum Gasteiger partial charge on any atom is -0.495 e. The van der Waals surface area contributed by atoms with Gasteiger partial charge >= 0.3 is 24.0 Å². The first-order valence-corrected chi connectivity index (χ1v) is 37.9. The van der Waals surface area contributed by atoms with E-state index in [-0.39, 0.29) is 97.1 Å². The number of unbranched alkanes of at least 4 members (excludes halogenated alkanes) is 1. The number of guanidine groups is 1. The first kappa shape index (κ1) is 87.5. The molecule has 0 spiro atoms. The molecular weight excluding hydrogens is 1500 g/mol. The van der Waals surface area contributed by atoms with E-state index < -0.39 is 171 Å². The molecule has 2 saturated heterocycles. The summed E-state index contributed by atoms with van der Waals surface area (Å²) in [7, 11) is 1.53. The highest BCUT2D eigenvalue weighted by atomic mass is 35.5. The maximum absolute atomic E-state index is 14.5. The van der Waals surface area contributed by atoms with Crippen LogP contribution in [0.3, 0.4) is 0 Å². The number of carbonyl (C=O) groups excluding carboxylic acids is 10. The van der Waals surface area contributed by atoms with Crippen molar-refractivity contribution in [2.75, 3.05) is 56.6 Å². The van der Waals surface area contributed by atoms with Gasteiger partial charge in [-0.15, -0.1) is 15.3 Å². The predicted octanol–water partition coefficient (Wildman–Crippen LogP) is -0.299. The number of hydrogen-bond donors (Lipinski definition) is 12. The molecule has 0 aliphatic carbocycles. The number of sulfonamides is 1. The fourth-order valence-electron chi connectivity index (χ4n) is 11.6. The number of carboxylic acid groups (broad SMARTS) is 2. The zero-order valence-electron chi connectivity index (χ0n) is 60.6. The van der Waals surface area contributed by atoms with Gasteiger partial charge in [0.2, 0.25) is 50.8 Å². The Morgan fingerprint density at radius 1 is 0.944 bits per heavy atom. The van der Waals surface area contributed by atoms with Crippen molar-refractivity contribution in [2.24, 2.45) is 27.5 Å². The van der Waals surface area contributed by atoms with E-state index in [0.29, 0.717) is 54.6 Å². The van der Waals surface area contributed by atoms with E-state index in [4.69, 9.17) is 51.9 Å². The fourth-order valence-corrected chi connectivity index (χ4v) is 14.2.